The fourth-order valence-electron chi connectivity index (χ4n) is 4.12. The highest BCUT2D eigenvalue weighted by Gasteiger charge is 2.29. The van der Waals surface area contributed by atoms with Crippen molar-refractivity contribution in [2.45, 2.75) is 78.9 Å². The van der Waals surface area contributed by atoms with Crippen LogP contribution in [0.25, 0.3) is 0 Å². The normalized spacial score (nSPS) is 13.1. The molecule has 2 atom stereocenters. The molecule has 198 valence electrons. The number of anilines is 1. The Morgan fingerprint density at radius 3 is 2.28 bits per heavy atom. The Labute approximate surface area is 216 Å². The lowest BCUT2D eigenvalue weighted by atomic mass is 10.0. The van der Waals surface area contributed by atoms with Crippen LogP contribution in [0.3, 0.4) is 0 Å². The summed E-state index contributed by atoms with van der Waals surface area (Å²) in [6.07, 6.45) is 2.94. The van der Waals surface area contributed by atoms with E-state index in [1.54, 1.807) is 11.0 Å². The molecule has 0 fully saturated rings. The number of rotatable bonds is 13. The lowest BCUT2D eigenvalue weighted by Gasteiger charge is -2.32. The Kier molecular flexibility index (Phi) is 11.0. The minimum atomic E-state index is -3.51. The molecule has 0 saturated heterocycles. The average molecular weight is 516 g/mol. The van der Waals surface area contributed by atoms with E-state index in [4.69, 9.17) is 0 Å². The van der Waals surface area contributed by atoms with E-state index < -0.39 is 16.1 Å². The van der Waals surface area contributed by atoms with Gasteiger partial charge in [0.2, 0.25) is 21.8 Å². The van der Waals surface area contributed by atoms with Gasteiger partial charge in [-0.15, -0.1) is 0 Å². The summed E-state index contributed by atoms with van der Waals surface area (Å²) in [6.45, 7) is 10.3. The van der Waals surface area contributed by atoms with Crippen molar-refractivity contribution in [2.24, 2.45) is 0 Å². The molecule has 0 aliphatic rings. The number of aryl methyl sites for hydroxylation is 2. The molecule has 2 amide bonds. The first-order valence-electron chi connectivity index (χ1n) is 12.7. The van der Waals surface area contributed by atoms with Gasteiger partial charge < -0.3 is 10.2 Å². The van der Waals surface area contributed by atoms with Crippen LogP contribution in [-0.4, -0.2) is 50.0 Å². The number of sulfonamides is 1. The molecule has 0 aliphatic heterocycles. The summed E-state index contributed by atoms with van der Waals surface area (Å²) >= 11 is 0. The summed E-state index contributed by atoms with van der Waals surface area (Å²) in [5, 5.41) is 3.02. The zero-order valence-corrected chi connectivity index (χ0v) is 23.3. The number of nitrogens with zero attached hydrogens (tertiary/aromatic N) is 2. The van der Waals surface area contributed by atoms with E-state index in [0.717, 1.165) is 23.1 Å². The SMILES string of the molecule is CC[C@H](C)NC(=O)[C@H](CC)N(Cc1ccccc1C)C(=O)CCCN(c1cccc(C)c1)S(C)(=O)=O. The number of benzene rings is 2. The van der Waals surface area contributed by atoms with Crippen LogP contribution in [0.4, 0.5) is 5.69 Å². The fourth-order valence-corrected chi connectivity index (χ4v) is 5.08. The smallest absolute Gasteiger partial charge is 0.243 e. The van der Waals surface area contributed by atoms with E-state index in [9.17, 15) is 18.0 Å². The van der Waals surface area contributed by atoms with Gasteiger partial charge >= 0.3 is 0 Å². The first-order valence-corrected chi connectivity index (χ1v) is 14.5. The Hall–Kier alpha value is -2.87. The van der Waals surface area contributed by atoms with Crippen molar-refractivity contribution >= 4 is 27.5 Å². The van der Waals surface area contributed by atoms with Gasteiger partial charge in [0.15, 0.2) is 0 Å². The predicted octanol–water partition coefficient (Wildman–Crippen LogP) is 4.57. The van der Waals surface area contributed by atoms with Crippen LogP contribution in [0.5, 0.6) is 0 Å². The van der Waals surface area contributed by atoms with Crippen molar-refractivity contribution in [1.29, 1.82) is 0 Å². The molecular weight excluding hydrogens is 474 g/mol. The third-order valence-electron chi connectivity index (χ3n) is 6.43. The molecule has 8 heteroatoms. The van der Waals surface area contributed by atoms with Gasteiger partial charge in [0.25, 0.3) is 0 Å². The van der Waals surface area contributed by atoms with Crippen LogP contribution >= 0.6 is 0 Å². The van der Waals surface area contributed by atoms with Crippen molar-refractivity contribution in [3.63, 3.8) is 0 Å². The standard InChI is InChI=1S/C28H41N3O4S/c1-7-23(5)29-28(33)26(8-2)30(20-24-15-10-9-14-22(24)4)27(32)17-12-18-31(36(6,34)35)25-16-11-13-21(3)19-25/h9-11,13-16,19,23,26H,7-8,12,17-18,20H2,1-6H3,(H,29,33)/t23-,26-/m0/s1. The van der Waals surface area contributed by atoms with E-state index >= 15 is 0 Å². The Morgan fingerprint density at radius 1 is 1.00 bits per heavy atom. The second-order valence-corrected chi connectivity index (χ2v) is 11.4. The number of carbonyl (C=O) groups is 2. The number of nitrogens with one attached hydrogen (secondary N) is 1. The van der Waals surface area contributed by atoms with Gasteiger partial charge in [-0.05, 0) is 68.9 Å². The van der Waals surface area contributed by atoms with E-state index in [-0.39, 0.29) is 30.8 Å². The average Bonchev–Trinajstić information content (AvgIpc) is 2.81. The van der Waals surface area contributed by atoms with Gasteiger partial charge in [-0.3, -0.25) is 13.9 Å². The molecule has 1 N–H and O–H groups in total. The maximum Gasteiger partial charge on any atom is 0.243 e. The monoisotopic (exact) mass is 515 g/mol. The van der Waals surface area contributed by atoms with Crippen LogP contribution in [0.15, 0.2) is 48.5 Å². The van der Waals surface area contributed by atoms with E-state index in [2.05, 4.69) is 5.32 Å². The van der Waals surface area contributed by atoms with E-state index in [1.807, 2.05) is 77.1 Å². The van der Waals surface area contributed by atoms with Crippen molar-refractivity contribution in [1.82, 2.24) is 10.2 Å². The molecule has 0 bridgehead atoms. The minimum absolute atomic E-state index is 0.0135. The Balaban J connectivity index is 2.24. The summed E-state index contributed by atoms with van der Waals surface area (Å²) < 4.78 is 26.3. The zero-order valence-electron chi connectivity index (χ0n) is 22.5. The summed E-state index contributed by atoms with van der Waals surface area (Å²) in [7, 11) is -3.51. The van der Waals surface area contributed by atoms with Gasteiger partial charge in [0.05, 0.1) is 11.9 Å². The highest BCUT2D eigenvalue weighted by molar-refractivity contribution is 7.92. The summed E-state index contributed by atoms with van der Waals surface area (Å²) in [5.41, 5.74) is 3.58. The molecule has 36 heavy (non-hydrogen) atoms. The largest absolute Gasteiger partial charge is 0.352 e. The van der Waals surface area contributed by atoms with Crippen molar-refractivity contribution in [2.75, 3.05) is 17.1 Å². The number of hydrogen-bond donors (Lipinski definition) is 1. The van der Waals surface area contributed by atoms with Gasteiger partial charge in [-0.1, -0.05) is 50.2 Å². The molecule has 2 rings (SSSR count). The third-order valence-corrected chi connectivity index (χ3v) is 7.62. The topological polar surface area (TPSA) is 86.8 Å². The van der Waals surface area contributed by atoms with Crippen molar-refractivity contribution in [3.05, 3.63) is 65.2 Å². The van der Waals surface area contributed by atoms with Crippen LogP contribution in [0.2, 0.25) is 0 Å². The minimum Gasteiger partial charge on any atom is -0.352 e. The lowest BCUT2D eigenvalue weighted by Crippen LogP contribution is -2.50. The molecule has 0 heterocycles. The van der Waals surface area contributed by atoms with Gasteiger partial charge in [-0.25, -0.2) is 8.42 Å². The molecule has 0 unspecified atom stereocenters. The maximum absolute atomic E-state index is 13.5. The van der Waals surface area contributed by atoms with Crippen molar-refractivity contribution in [3.8, 4) is 0 Å². The van der Waals surface area contributed by atoms with Crippen molar-refractivity contribution < 1.29 is 18.0 Å². The molecule has 0 aromatic heterocycles. The second kappa shape index (κ2) is 13.4. The molecule has 0 radical (unpaired) electrons. The summed E-state index contributed by atoms with van der Waals surface area (Å²) in [5.74, 6) is -0.326. The van der Waals surface area contributed by atoms with Gasteiger partial charge in [0, 0.05) is 25.6 Å². The fraction of sp³-hybridized carbons (Fsp3) is 0.500. The quantitative estimate of drug-likeness (QED) is 0.423. The van der Waals surface area contributed by atoms with E-state index in [0.29, 0.717) is 25.1 Å². The van der Waals surface area contributed by atoms with Crippen LogP contribution in [0.1, 0.15) is 63.1 Å². The highest BCUT2D eigenvalue weighted by Crippen LogP contribution is 2.21. The second-order valence-electron chi connectivity index (χ2n) is 9.47. The number of hydrogen-bond acceptors (Lipinski definition) is 4. The maximum atomic E-state index is 13.5. The highest BCUT2D eigenvalue weighted by atomic mass is 32.2. The van der Waals surface area contributed by atoms with Crippen LogP contribution in [0, 0.1) is 13.8 Å². The first kappa shape index (κ1) is 29.4. The lowest BCUT2D eigenvalue weighted by molar-refractivity contribution is -0.141. The number of carbonyl (C=O) groups excluding carboxylic acids is 2. The zero-order chi connectivity index (χ0) is 26.9. The predicted molar refractivity (Wildman–Crippen MR) is 146 cm³/mol. The Bertz CT molecular complexity index is 1130. The summed E-state index contributed by atoms with van der Waals surface area (Å²) in [4.78, 5) is 28.3. The molecule has 2 aromatic carbocycles. The number of amides is 2. The third kappa shape index (κ3) is 8.36. The first-order chi connectivity index (χ1) is 17.0. The molecular formula is C28H41N3O4S. The van der Waals surface area contributed by atoms with Gasteiger partial charge in [-0.2, -0.15) is 0 Å². The molecule has 0 saturated carbocycles. The molecule has 2 aromatic rings. The molecule has 0 aliphatic carbocycles. The molecule has 7 nitrogen and oxygen atoms in total. The Morgan fingerprint density at radius 2 is 1.69 bits per heavy atom. The molecule has 0 spiro atoms. The van der Waals surface area contributed by atoms with Gasteiger partial charge in [0.1, 0.15) is 6.04 Å². The van der Waals surface area contributed by atoms with Crippen LogP contribution < -0.4 is 9.62 Å². The van der Waals surface area contributed by atoms with E-state index in [1.165, 1.54) is 10.6 Å². The van der Waals surface area contributed by atoms with Crippen LogP contribution in [-0.2, 0) is 26.2 Å². The summed E-state index contributed by atoms with van der Waals surface area (Å²) in [6, 6.07) is 14.5.